The van der Waals surface area contributed by atoms with Crippen molar-refractivity contribution < 1.29 is 31.5 Å². The number of hydrogen-bond acceptors (Lipinski definition) is 4. The van der Waals surface area contributed by atoms with Gasteiger partial charge in [0.1, 0.15) is 28.9 Å². The van der Waals surface area contributed by atoms with Gasteiger partial charge >= 0.3 is 12.1 Å². The van der Waals surface area contributed by atoms with E-state index in [9.17, 15) is 22.4 Å². The minimum absolute atomic E-state index is 0.0269. The predicted octanol–water partition coefficient (Wildman–Crippen LogP) is 6.61. The zero-order chi connectivity index (χ0) is 23.0. The fourth-order valence-electron chi connectivity index (χ4n) is 3.47. The Morgan fingerprint density at radius 1 is 1.10 bits per heavy atom. The van der Waals surface area contributed by atoms with Crippen LogP contribution in [0.25, 0.3) is 21.9 Å². The van der Waals surface area contributed by atoms with Crippen LogP contribution >= 0.6 is 15.9 Å². The Bertz CT molecular complexity index is 1090. The van der Waals surface area contributed by atoms with Crippen molar-refractivity contribution in [2.75, 3.05) is 6.61 Å². The smallest absolute Gasteiger partial charge is 0.407 e. The molecule has 0 aliphatic rings. The molecule has 2 aromatic carbocycles. The van der Waals surface area contributed by atoms with E-state index >= 15 is 0 Å². The zero-order valence-electron chi connectivity index (χ0n) is 17.1. The first-order valence-corrected chi connectivity index (χ1v) is 10.5. The van der Waals surface area contributed by atoms with E-state index in [1.54, 1.807) is 18.2 Å². The number of carbonyl (C=O) groups is 1. The van der Waals surface area contributed by atoms with Gasteiger partial charge < -0.3 is 9.15 Å². The van der Waals surface area contributed by atoms with E-state index in [1.807, 2.05) is 6.07 Å². The minimum Gasteiger partial charge on any atom is -0.465 e. The summed E-state index contributed by atoms with van der Waals surface area (Å²) in [5, 5.41) is 3.69. The molecule has 1 heterocycles. The lowest BCUT2D eigenvalue weighted by Gasteiger charge is -2.29. The van der Waals surface area contributed by atoms with Gasteiger partial charge in [0, 0.05) is 21.7 Å². The maximum atomic E-state index is 14.2. The first kappa shape index (κ1) is 23.5. The highest BCUT2D eigenvalue weighted by Gasteiger charge is 2.44. The number of fused-ring (bicyclic) bond motifs is 3. The highest BCUT2D eigenvalue weighted by atomic mass is 79.9. The number of ether oxygens (including phenoxy) is 1. The summed E-state index contributed by atoms with van der Waals surface area (Å²) in [5.41, 5.74) is -1.21. The molecule has 0 amide bonds. The van der Waals surface area contributed by atoms with Crippen molar-refractivity contribution >= 4 is 43.8 Å². The maximum absolute atomic E-state index is 14.2. The fourth-order valence-corrected chi connectivity index (χ4v) is 3.83. The van der Waals surface area contributed by atoms with Crippen molar-refractivity contribution in [2.24, 2.45) is 0 Å². The molecule has 0 aliphatic heterocycles. The van der Waals surface area contributed by atoms with E-state index < -0.39 is 36.3 Å². The molecule has 0 radical (unpaired) electrons. The summed E-state index contributed by atoms with van der Waals surface area (Å²) in [4.78, 5) is 12.2. The topological polar surface area (TPSA) is 51.5 Å². The Morgan fingerprint density at radius 2 is 1.81 bits per heavy atom. The number of rotatable bonds is 7. The molecule has 168 valence electrons. The van der Waals surface area contributed by atoms with Crippen LogP contribution in [0.3, 0.4) is 0 Å². The van der Waals surface area contributed by atoms with Gasteiger partial charge in [-0.3, -0.25) is 10.1 Å². The Labute approximate surface area is 185 Å². The van der Waals surface area contributed by atoms with Gasteiger partial charge in [-0.25, -0.2) is 4.39 Å². The third-order valence-corrected chi connectivity index (χ3v) is 5.24. The molecular formula is C22H22BrF4NO3. The Morgan fingerprint density at radius 3 is 2.42 bits per heavy atom. The summed E-state index contributed by atoms with van der Waals surface area (Å²) in [7, 11) is 0. The average molecular weight is 504 g/mol. The van der Waals surface area contributed by atoms with Crippen LogP contribution in [0.4, 0.5) is 17.6 Å². The van der Waals surface area contributed by atoms with Crippen LogP contribution in [0.2, 0.25) is 0 Å². The Kier molecular flexibility index (Phi) is 6.67. The van der Waals surface area contributed by atoms with Crippen LogP contribution in [-0.2, 0) is 9.53 Å². The maximum Gasteiger partial charge on any atom is 0.407 e. The van der Waals surface area contributed by atoms with Crippen molar-refractivity contribution in [2.45, 2.75) is 51.1 Å². The van der Waals surface area contributed by atoms with E-state index in [2.05, 4.69) is 21.2 Å². The quantitative estimate of drug-likeness (QED) is 0.291. The number of benzene rings is 2. The predicted molar refractivity (Wildman–Crippen MR) is 114 cm³/mol. The Balaban J connectivity index is 2.02. The molecule has 2 atom stereocenters. The second-order valence-corrected chi connectivity index (χ2v) is 8.78. The van der Waals surface area contributed by atoms with E-state index in [-0.39, 0.29) is 17.8 Å². The van der Waals surface area contributed by atoms with Gasteiger partial charge in [-0.1, -0.05) is 28.1 Å². The van der Waals surface area contributed by atoms with E-state index in [0.717, 1.165) is 9.86 Å². The van der Waals surface area contributed by atoms with Crippen LogP contribution in [0, 0.1) is 0 Å². The first-order chi connectivity index (χ1) is 14.4. The highest BCUT2D eigenvalue weighted by molar-refractivity contribution is 9.10. The lowest BCUT2D eigenvalue weighted by molar-refractivity contribution is -0.165. The summed E-state index contributed by atoms with van der Waals surface area (Å²) >= 11 is 3.37. The second kappa shape index (κ2) is 8.78. The van der Waals surface area contributed by atoms with Gasteiger partial charge in [0.05, 0.1) is 6.61 Å². The van der Waals surface area contributed by atoms with Crippen molar-refractivity contribution in [3.63, 3.8) is 0 Å². The molecule has 0 spiro atoms. The van der Waals surface area contributed by atoms with Gasteiger partial charge in [0.15, 0.2) is 0 Å². The number of carbonyl (C=O) groups excluding carboxylic acids is 1. The standard InChI is InChI=1S/C22H22BrF4NO3/c1-4-30-20(29)16(11-21(2,3)24)28-19(22(25,26)27)12-5-7-14-15-10-13(23)6-8-17(15)31-18(14)9-12/h5-10,16,19,28H,4,11H2,1-3H3/t16-,19+/m0/s1. The SMILES string of the molecule is CCOC(=O)[C@H](CC(C)(C)F)N[C@H](c1ccc2c(c1)oc1ccc(Br)cc12)C(F)(F)F. The molecule has 0 bridgehead atoms. The van der Waals surface area contributed by atoms with Crippen LogP contribution in [0.5, 0.6) is 0 Å². The average Bonchev–Trinajstić information content (AvgIpc) is 3.00. The van der Waals surface area contributed by atoms with Gasteiger partial charge in [-0.05, 0) is 50.6 Å². The van der Waals surface area contributed by atoms with Gasteiger partial charge in [0.2, 0.25) is 0 Å². The summed E-state index contributed by atoms with van der Waals surface area (Å²) < 4.78 is 67.5. The number of alkyl halides is 4. The molecular weight excluding hydrogens is 482 g/mol. The molecule has 0 saturated heterocycles. The summed E-state index contributed by atoms with van der Waals surface area (Å²) in [6.07, 6.45) is -5.22. The second-order valence-electron chi connectivity index (χ2n) is 7.87. The van der Waals surface area contributed by atoms with Crippen molar-refractivity contribution in [1.82, 2.24) is 5.32 Å². The third kappa shape index (κ3) is 5.57. The molecule has 0 aliphatic carbocycles. The number of hydrogen-bond donors (Lipinski definition) is 1. The van der Waals surface area contributed by atoms with Gasteiger partial charge in [-0.15, -0.1) is 0 Å². The molecule has 0 saturated carbocycles. The third-order valence-electron chi connectivity index (χ3n) is 4.75. The van der Waals surface area contributed by atoms with E-state index in [0.29, 0.717) is 11.0 Å². The summed E-state index contributed by atoms with van der Waals surface area (Å²) in [5.74, 6) is -0.933. The zero-order valence-corrected chi connectivity index (χ0v) is 18.7. The number of nitrogens with one attached hydrogen (secondary N) is 1. The molecule has 1 N–H and O–H groups in total. The molecule has 1 aromatic heterocycles. The number of halogens is 5. The van der Waals surface area contributed by atoms with Crippen molar-refractivity contribution in [1.29, 1.82) is 0 Å². The van der Waals surface area contributed by atoms with Crippen LogP contribution in [0.1, 0.15) is 38.8 Å². The number of esters is 1. The lowest BCUT2D eigenvalue weighted by Crippen LogP contribution is -2.47. The molecule has 9 heteroatoms. The van der Waals surface area contributed by atoms with Crippen LogP contribution in [-0.4, -0.2) is 30.5 Å². The lowest BCUT2D eigenvalue weighted by atomic mass is 9.97. The monoisotopic (exact) mass is 503 g/mol. The van der Waals surface area contributed by atoms with Crippen molar-refractivity contribution in [3.05, 3.63) is 46.4 Å². The molecule has 31 heavy (non-hydrogen) atoms. The van der Waals surface area contributed by atoms with Crippen molar-refractivity contribution in [3.8, 4) is 0 Å². The Hall–Kier alpha value is -2.13. The largest absolute Gasteiger partial charge is 0.465 e. The molecule has 4 nitrogen and oxygen atoms in total. The molecule has 3 rings (SSSR count). The first-order valence-electron chi connectivity index (χ1n) is 9.69. The van der Waals surface area contributed by atoms with Gasteiger partial charge in [-0.2, -0.15) is 13.2 Å². The highest BCUT2D eigenvalue weighted by Crippen LogP contribution is 2.38. The van der Waals surface area contributed by atoms with E-state index in [1.165, 1.54) is 32.9 Å². The van der Waals surface area contributed by atoms with Crippen LogP contribution in [0.15, 0.2) is 45.3 Å². The minimum atomic E-state index is -4.74. The molecule has 3 aromatic rings. The molecule has 0 unspecified atom stereocenters. The van der Waals surface area contributed by atoms with Gasteiger partial charge in [0.25, 0.3) is 0 Å². The van der Waals surface area contributed by atoms with Crippen LogP contribution < -0.4 is 5.32 Å². The van der Waals surface area contributed by atoms with E-state index in [4.69, 9.17) is 9.15 Å². The normalized spacial score (nSPS) is 14.7. The summed E-state index contributed by atoms with van der Waals surface area (Å²) in [6, 6.07) is 5.78. The molecule has 0 fully saturated rings. The number of furan rings is 1. The summed E-state index contributed by atoms with van der Waals surface area (Å²) in [6.45, 7) is 3.90. The fraction of sp³-hybridized carbons (Fsp3) is 0.409.